The third-order valence-electron chi connectivity index (χ3n) is 3.33. The van der Waals surface area contributed by atoms with Gasteiger partial charge in [-0.1, -0.05) is 30.3 Å². The van der Waals surface area contributed by atoms with Crippen molar-refractivity contribution in [2.24, 2.45) is 0 Å². The van der Waals surface area contributed by atoms with E-state index >= 15 is 0 Å². The van der Waals surface area contributed by atoms with Crippen molar-refractivity contribution in [2.75, 3.05) is 7.05 Å². The minimum Gasteiger partial charge on any atom is -0.446 e. The molecule has 4 nitrogen and oxygen atoms in total. The number of benzene rings is 1. The molecule has 19 heavy (non-hydrogen) atoms. The zero-order valence-corrected chi connectivity index (χ0v) is 11.2. The summed E-state index contributed by atoms with van der Waals surface area (Å²) in [4.78, 5) is 24.6. The summed E-state index contributed by atoms with van der Waals surface area (Å²) in [5.74, 6) is 0.268. The molecule has 0 heterocycles. The van der Waals surface area contributed by atoms with Crippen LogP contribution in [0.4, 0.5) is 4.79 Å². The summed E-state index contributed by atoms with van der Waals surface area (Å²) < 4.78 is 5.41. The lowest BCUT2D eigenvalue weighted by Crippen LogP contribution is -2.32. The van der Waals surface area contributed by atoms with Crippen LogP contribution in [0.5, 0.6) is 0 Å². The van der Waals surface area contributed by atoms with E-state index in [4.69, 9.17) is 4.74 Å². The van der Waals surface area contributed by atoms with Gasteiger partial charge in [0.2, 0.25) is 0 Å². The molecule has 1 aromatic carbocycles. The van der Waals surface area contributed by atoms with E-state index in [2.05, 4.69) is 0 Å². The van der Waals surface area contributed by atoms with E-state index in [1.165, 1.54) is 0 Å². The molecule has 0 aliphatic heterocycles. The van der Waals surface area contributed by atoms with Crippen molar-refractivity contribution < 1.29 is 14.3 Å². The number of rotatable bonds is 3. The molecule has 4 heteroatoms. The molecule has 1 aliphatic rings. The summed E-state index contributed by atoms with van der Waals surface area (Å²) >= 11 is 0. The van der Waals surface area contributed by atoms with Crippen LogP contribution >= 0.6 is 0 Å². The predicted molar refractivity (Wildman–Crippen MR) is 71.7 cm³/mol. The molecule has 2 rings (SSSR count). The van der Waals surface area contributed by atoms with E-state index in [-0.39, 0.29) is 18.0 Å². The molecule has 1 amide bonds. The molecule has 1 aromatic rings. The van der Waals surface area contributed by atoms with E-state index in [1.54, 1.807) is 11.9 Å². The van der Waals surface area contributed by atoms with Gasteiger partial charge in [0.25, 0.3) is 0 Å². The summed E-state index contributed by atoms with van der Waals surface area (Å²) in [7, 11) is 1.73. The normalized spacial score (nSPS) is 16.2. The molecule has 0 spiro atoms. The highest BCUT2D eigenvalue weighted by molar-refractivity contribution is 5.79. The highest BCUT2D eigenvalue weighted by Gasteiger charge is 2.23. The number of hydrogen-bond donors (Lipinski definition) is 0. The Labute approximate surface area is 113 Å². The maximum absolute atomic E-state index is 11.9. The van der Waals surface area contributed by atoms with Crippen molar-refractivity contribution in [1.29, 1.82) is 0 Å². The Balaban J connectivity index is 1.81. The van der Waals surface area contributed by atoms with E-state index in [0.29, 0.717) is 32.2 Å². The molecular formula is C15H19NO3. The molecule has 0 radical (unpaired) electrons. The minimum absolute atomic E-state index is 0.108. The average Bonchev–Trinajstić information content (AvgIpc) is 2.42. The topological polar surface area (TPSA) is 46.6 Å². The van der Waals surface area contributed by atoms with Crippen LogP contribution in [0.2, 0.25) is 0 Å². The van der Waals surface area contributed by atoms with Gasteiger partial charge in [-0.25, -0.2) is 4.79 Å². The first kappa shape index (κ1) is 13.6. The molecule has 0 atom stereocenters. The van der Waals surface area contributed by atoms with Crippen LogP contribution in [0.25, 0.3) is 0 Å². The first-order valence-electron chi connectivity index (χ1n) is 6.62. The number of Topliss-reactive ketones (excluding diaryl/α,β-unsaturated/α-hetero) is 1. The number of hydrogen-bond acceptors (Lipinski definition) is 3. The summed E-state index contributed by atoms with van der Waals surface area (Å²) in [6.45, 7) is 0.533. The lowest BCUT2D eigenvalue weighted by molar-refractivity contribution is -0.122. The summed E-state index contributed by atoms with van der Waals surface area (Å²) in [6.07, 6.45) is 1.94. The summed E-state index contributed by atoms with van der Waals surface area (Å²) in [5.41, 5.74) is 1.07. The smallest absolute Gasteiger partial charge is 0.410 e. The van der Waals surface area contributed by atoms with Crippen LogP contribution in [-0.4, -0.2) is 29.9 Å². The van der Waals surface area contributed by atoms with Crippen molar-refractivity contribution >= 4 is 11.9 Å². The van der Waals surface area contributed by atoms with Gasteiger partial charge in [0.15, 0.2) is 0 Å². The molecule has 1 saturated carbocycles. The third-order valence-corrected chi connectivity index (χ3v) is 3.33. The minimum atomic E-state index is -0.316. The monoisotopic (exact) mass is 261 g/mol. The largest absolute Gasteiger partial charge is 0.446 e. The quantitative estimate of drug-likeness (QED) is 0.840. The number of carbonyl (C=O) groups is 2. The Morgan fingerprint density at radius 1 is 1.26 bits per heavy atom. The SMILES string of the molecule is CN(Cc1ccccc1)C(=O)OC1CCC(=O)CC1. The molecule has 0 unspecified atom stereocenters. The van der Waals surface area contributed by atoms with Crippen molar-refractivity contribution in [3.05, 3.63) is 35.9 Å². The summed E-state index contributed by atoms with van der Waals surface area (Å²) in [5, 5.41) is 0. The predicted octanol–water partition coefficient (Wildman–Crippen LogP) is 2.77. The molecule has 0 saturated heterocycles. The Kier molecular flexibility index (Phi) is 4.55. The standard InChI is InChI=1S/C15H19NO3/c1-16(11-12-5-3-2-4-6-12)15(18)19-14-9-7-13(17)8-10-14/h2-6,14H,7-11H2,1H3. The molecule has 1 aliphatic carbocycles. The summed E-state index contributed by atoms with van der Waals surface area (Å²) in [6, 6.07) is 9.79. The van der Waals surface area contributed by atoms with Gasteiger partial charge in [0.1, 0.15) is 11.9 Å². The molecular weight excluding hydrogens is 242 g/mol. The lowest BCUT2D eigenvalue weighted by atomic mass is 9.97. The van der Waals surface area contributed by atoms with E-state index < -0.39 is 0 Å². The third kappa shape index (κ3) is 4.09. The van der Waals surface area contributed by atoms with E-state index in [9.17, 15) is 9.59 Å². The van der Waals surface area contributed by atoms with Gasteiger partial charge < -0.3 is 9.64 Å². The van der Waals surface area contributed by atoms with Crippen molar-refractivity contribution in [1.82, 2.24) is 4.90 Å². The fraction of sp³-hybridized carbons (Fsp3) is 0.467. The van der Waals surface area contributed by atoms with Crippen molar-refractivity contribution in [3.63, 3.8) is 0 Å². The number of carbonyl (C=O) groups excluding carboxylic acids is 2. The number of ether oxygens (including phenoxy) is 1. The molecule has 102 valence electrons. The fourth-order valence-electron chi connectivity index (χ4n) is 2.19. The second-order valence-corrected chi connectivity index (χ2v) is 4.96. The van der Waals surface area contributed by atoms with Gasteiger partial charge in [-0.3, -0.25) is 4.79 Å². The van der Waals surface area contributed by atoms with Crippen LogP contribution in [0, 0.1) is 0 Å². The van der Waals surface area contributed by atoms with Crippen LogP contribution < -0.4 is 0 Å². The fourth-order valence-corrected chi connectivity index (χ4v) is 2.19. The Bertz CT molecular complexity index is 434. The van der Waals surface area contributed by atoms with Gasteiger partial charge in [0.05, 0.1) is 0 Å². The van der Waals surface area contributed by atoms with Gasteiger partial charge in [-0.15, -0.1) is 0 Å². The molecule has 0 N–H and O–H groups in total. The van der Waals surface area contributed by atoms with E-state index in [1.807, 2.05) is 30.3 Å². The zero-order chi connectivity index (χ0) is 13.7. The van der Waals surface area contributed by atoms with Gasteiger partial charge in [0, 0.05) is 26.4 Å². The van der Waals surface area contributed by atoms with Gasteiger partial charge in [-0.2, -0.15) is 0 Å². The number of ketones is 1. The maximum Gasteiger partial charge on any atom is 0.410 e. The molecule has 0 bridgehead atoms. The molecule has 1 fully saturated rings. The maximum atomic E-state index is 11.9. The van der Waals surface area contributed by atoms with Gasteiger partial charge >= 0.3 is 6.09 Å². The van der Waals surface area contributed by atoms with Crippen molar-refractivity contribution in [3.8, 4) is 0 Å². The average molecular weight is 261 g/mol. The second kappa shape index (κ2) is 6.36. The van der Waals surface area contributed by atoms with Crippen LogP contribution in [0.1, 0.15) is 31.2 Å². The highest BCUT2D eigenvalue weighted by Crippen LogP contribution is 2.19. The second-order valence-electron chi connectivity index (χ2n) is 4.96. The zero-order valence-electron chi connectivity index (χ0n) is 11.2. The first-order chi connectivity index (χ1) is 9.15. The van der Waals surface area contributed by atoms with Crippen LogP contribution in [0.15, 0.2) is 30.3 Å². The van der Waals surface area contributed by atoms with Crippen LogP contribution in [0.3, 0.4) is 0 Å². The lowest BCUT2D eigenvalue weighted by Gasteiger charge is -2.24. The van der Waals surface area contributed by atoms with E-state index in [0.717, 1.165) is 5.56 Å². The highest BCUT2D eigenvalue weighted by atomic mass is 16.6. The van der Waals surface area contributed by atoms with Gasteiger partial charge in [-0.05, 0) is 18.4 Å². The number of nitrogens with zero attached hydrogens (tertiary/aromatic N) is 1. The first-order valence-corrected chi connectivity index (χ1v) is 6.62. The van der Waals surface area contributed by atoms with Crippen LogP contribution in [-0.2, 0) is 16.1 Å². The molecule has 0 aromatic heterocycles. The Morgan fingerprint density at radius 2 is 1.89 bits per heavy atom. The Hall–Kier alpha value is -1.84. The Morgan fingerprint density at radius 3 is 2.53 bits per heavy atom. The van der Waals surface area contributed by atoms with Crippen molar-refractivity contribution in [2.45, 2.75) is 38.3 Å². The number of amides is 1.